The zero-order valence-corrected chi connectivity index (χ0v) is 12.4. The van der Waals surface area contributed by atoms with Gasteiger partial charge in [-0.3, -0.25) is 0 Å². The van der Waals surface area contributed by atoms with Gasteiger partial charge in [0, 0.05) is 12.2 Å². The van der Waals surface area contributed by atoms with Crippen molar-refractivity contribution in [3.63, 3.8) is 0 Å². The molecule has 17 heavy (non-hydrogen) atoms. The average molecular weight is 238 g/mol. The van der Waals surface area contributed by atoms with Crippen molar-refractivity contribution in [2.45, 2.75) is 47.0 Å². The first-order valence-corrected chi connectivity index (χ1v) is 6.78. The maximum Gasteiger partial charge on any atom is 0.0314 e. The maximum atomic E-state index is 5.63. The van der Waals surface area contributed by atoms with E-state index in [2.05, 4.69) is 24.4 Å². The Morgan fingerprint density at radius 1 is 1.06 bits per heavy atom. The molecule has 1 aromatic rings. The van der Waals surface area contributed by atoms with Gasteiger partial charge in [0.15, 0.2) is 0 Å². The topological polar surface area (TPSA) is 38.0 Å². The standard InChI is InChI=1S/C11H18N2.2C2H6/c1-3-9(8-13-2)10-4-6-11(12)7-5-10;2*1-2/h4-7,9,13H,3,8,12H2,1-2H3;2*1-2H3. The third-order valence-electron chi connectivity index (χ3n) is 2.35. The lowest BCUT2D eigenvalue weighted by Crippen LogP contribution is -2.16. The Kier molecular flexibility index (Phi) is 14.1. The fourth-order valence-electron chi connectivity index (χ4n) is 1.51. The molecule has 0 aliphatic carbocycles. The summed E-state index contributed by atoms with van der Waals surface area (Å²) >= 11 is 0. The number of hydrogen-bond donors (Lipinski definition) is 2. The second kappa shape index (κ2) is 13.0. The van der Waals surface area contributed by atoms with E-state index in [1.807, 2.05) is 46.9 Å². The van der Waals surface area contributed by atoms with E-state index in [1.54, 1.807) is 0 Å². The van der Waals surface area contributed by atoms with Gasteiger partial charge in [0.05, 0.1) is 0 Å². The van der Waals surface area contributed by atoms with Gasteiger partial charge in [-0.15, -0.1) is 0 Å². The first kappa shape index (κ1) is 18.3. The van der Waals surface area contributed by atoms with Crippen molar-refractivity contribution in [1.29, 1.82) is 0 Å². The first-order valence-electron chi connectivity index (χ1n) is 6.78. The minimum Gasteiger partial charge on any atom is -0.399 e. The molecule has 0 saturated heterocycles. The zero-order chi connectivity index (χ0) is 13.7. The molecular weight excluding hydrogens is 208 g/mol. The third kappa shape index (κ3) is 7.81. The molecule has 1 atom stereocenters. The lowest BCUT2D eigenvalue weighted by molar-refractivity contribution is 0.612. The van der Waals surface area contributed by atoms with Crippen LogP contribution in [0.1, 0.15) is 52.5 Å². The second-order valence-electron chi connectivity index (χ2n) is 3.33. The maximum absolute atomic E-state index is 5.63. The van der Waals surface area contributed by atoms with Gasteiger partial charge in [-0.05, 0) is 37.1 Å². The molecular formula is C15H30N2. The molecule has 100 valence electrons. The van der Waals surface area contributed by atoms with Crippen molar-refractivity contribution in [3.05, 3.63) is 29.8 Å². The molecule has 3 N–H and O–H groups in total. The lowest BCUT2D eigenvalue weighted by atomic mass is 9.96. The van der Waals surface area contributed by atoms with Gasteiger partial charge >= 0.3 is 0 Å². The van der Waals surface area contributed by atoms with E-state index >= 15 is 0 Å². The van der Waals surface area contributed by atoms with Crippen LogP contribution < -0.4 is 11.1 Å². The van der Waals surface area contributed by atoms with Gasteiger partial charge in [0.1, 0.15) is 0 Å². The summed E-state index contributed by atoms with van der Waals surface area (Å²) in [7, 11) is 1.99. The molecule has 2 nitrogen and oxygen atoms in total. The van der Waals surface area contributed by atoms with Crippen LogP contribution in [0, 0.1) is 0 Å². The molecule has 0 amide bonds. The van der Waals surface area contributed by atoms with E-state index in [1.165, 1.54) is 5.56 Å². The van der Waals surface area contributed by atoms with Crippen molar-refractivity contribution in [2.75, 3.05) is 19.3 Å². The van der Waals surface area contributed by atoms with Crippen molar-refractivity contribution >= 4 is 5.69 Å². The molecule has 0 saturated carbocycles. The minimum absolute atomic E-state index is 0.602. The Hall–Kier alpha value is -1.02. The summed E-state index contributed by atoms with van der Waals surface area (Å²) in [5.74, 6) is 0.602. The van der Waals surface area contributed by atoms with Crippen LogP contribution in [0.5, 0.6) is 0 Å². The highest BCUT2D eigenvalue weighted by atomic mass is 14.8. The van der Waals surface area contributed by atoms with Crippen LogP contribution in [-0.4, -0.2) is 13.6 Å². The SMILES string of the molecule is CC.CC.CCC(CNC)c1ccc(N)cc1. The van der Waals surface area contributed by atoms with Crippen LogP contribution in [0.25, 0.3) is 0 Å². The Morgan fingerprint density at radius 2 is 1.53 bits per heavy atom. The highest BCUT2D eigenvalue weighted by Gasteiger charge is 2.06. The number of nitrogen functional groups attached to an aromatic ring is 1. The predicted octanol–water partition coefficient (Wildman–Crippen LogP) is 4.03. The molecule has 0 aromatic heterocycles. The van der Waals surface area contributed by atoms with Crippen molar-refractivity contribution in [3.8, 4) is 0 Å². The molecule has 0 aliphatic rings. The van der Waals surface area contributed by atoms with Crippen LogP contribution in [-0.2, 0) is 0 Å². The summed E-state index contributed by atoms with van der Waals surface area (Å²) < 4.78 is 0. The Balaban J connectivity index is 0. The van der Waals surface area contributed by atoms with Gasteiger partial charge in [-0.25, -0.2) is 0 Å². The number of hydrogen-bond acceptors (Lipinski definition) is 2. The molecule has 2 heteroatoms. The number of nitrogens with two attached hydrogens (primary N) is 1. The van der Waals surface area contributed by atoms with Gasteiger partial charge < -0.3 is 11.1 Å². The first-order chi connectivity index (χ1) is 8.27. The van der Waals surface area contributed by atoms with E-state index in [0.717, 1.165) is 18.7 Å². The molecule has 0 fully saturated rings. The molecule has 0 aliphatic heterocycles. The lowest BCUT2D eigenvalue weighted by Gasteiger charge is -2.14. The van der Waals surface area contributed by atoms with Crippen molar-refractivity contribution in [2.24, 2.45) is 0 Å². The van der Waals surface area contributed by atoms with Gasteiger partial charge in [-0.1, -0.05) is 46.8 Å². The van der Waals surface area contributed by atoms with Crippen molar-refractivity contribution in [1.82, 2.24) is 5.32 Å². The van der Waals surface area contributed by atoms with Crippen LogP contribution >= 0.6 is 0 Å². The summed E-state index contributed by atoms with van der Waals surface area (Å²) in [6.07, 6.45) is 1.16. The van der Waals surface area contributed by atoms with Gasteiger partial charge in [-0.2, -0.15) is 0 Å². The number of benzene rings is 1. The summed E-state index contributed by atoms with van der Waals surface area (Å²) in [5, 5.41) is 3.20. The quantitative estimate of drug-likeness (QED) is 0.777. The van der Waals surface area contributed by atoms with E-state index in [9.17, 15) is 0 Å². The largest absolute Gasteiger partial charge is 0.399 e. The molecule has 1 rings (SSSR count). The third-order valence-corrected chi connectivity index (χ3v) is 2.35. The molecule has 0 bridgehead atoms. The van der Waals surface area contributed by atoms with E-state index < -0.39 is 0 Å². The van der Waals surface area contributed by atoms with Gasteiger partial charge in [0.2, 0.25) is 0 Å². The van der Waals surface area contributed by atoms with Crippen LogP contribution in [0.2, 0.25) is 0 Å². The summed E-state index contributed by atoms with van der Waals surface area (Å²) in [6.45, 7) is 11.2. The number of rotatable bonds is 4. The fourth-order valence-corrected chi connectivity index (χ4v) is 1.51. The van der Waals surface area contributed by atoms with E-state index in [0.29, 0.717) is 5.92 Å². The second-order valence-corrected chi connectivity index (χ2v) is 3.33. The molecule has 0 radical (unpaired) electrons. The summed E-state index contributed by atoms with van der Waals surface area (Å²) in [5.41, 5.74) is 7.83. The Bertz CT molecular complexity index is 242. The number of anilines is 1. The predicted molar refractivity (Wildman–Crippen MR) is 80.5 cm³/mol. The smallest absolute Gasteiger partial charge is 0.0314 e. The molecule has 0 heterocycles. The van der Waals surface area contributed by atoms with Crippen molar-refractivity contribution < 1.29 is 0 Å². The normalized spacial score (nSPS) is 10.5. The number of likely N-dealkylation sites (N-methyl/N-ethyl adjacent to an activating group) is 1. The molecule has 1 unspecified atom stereocenters. The molecule has 0 spiro atoms. The zero-order valence-electron chi connectivity index (χ0n) is 12.4. The summed E-state index contributed by atoms with van der Waals surface area (Å²) in [6, 6.07) is 8.16. The van der Waals surface area contributed by atoms with Crippen LogP contribution in [0.4, 0.5) is 5.69 Å². The van der Waals surface area contributed by atoms with Gasteiger partial charge in [0.25, 0.3) is 0 Å². The highest BCUT2D eigenvalue weighted by molar-refractivity contribution is 5.40. The van der Waals surface area contributed by atoms with Crippen LogP contribution in [0.15, 0.2) is 24.3 Å². The Morgan fingerprint density at radius 3 is 1.88 bits per heavy atom. The number of nitrogens with one attached hydrogen (secondary N) is 1. The highest BCUT2D eigenvalue weighted by Crippen LogP contribution is 2.19. The van der Waals surface area contributed by atoms with E-state index in [4.69, 9.17) is 5.73 Å². The minimum atomic E-state index is 0.602. The average Bonchev–Trinajstić information content (AvgIpc) is 2.42. The monoisotopic (exact) mass is 238 g/mol. The van der Waals surface area contributed by atoms with E-state index in [-0.39, 0.29) is 0 Å². The molecule has 1 aromatic carbocycles. The fraction of sp³-hybridized carbons (Fsp3) is 0.600. The Labute approximate surface area is 108 Å². The van der Waals surface area contributed by atoms with Crippen LogP contribution in [0.3, 0.4) is 0 Å². The summed E-state index contributed by atoms with van der Waals surface area (Å²) in [4.78, 5) is 0.